The van der Waals surface area contributed by atoms with Gasteiger partial charge in [-0.05, 0) is 19.1 Å². The van der Waals surface area contributed by atoms with Crippen molar-refractivity contribution in [2.24, 2.45) is 0 Å². The number of aromatic nitrogens is 4. The van der Waals surface area contributed by atoms with Gasteiger partial charge in [-0.25, -0.2) is 9.50 Å². The summed E-state index contributed by atoms with van der Waals surface area (Å²) in [6, 6.07) is 2.28. The van der Waals surface area contributed by atoms with Crippen LogP contribution in [0.3, 0.4) is 0 Å². The second kappa shape index (κ2) is 4.70. The first-order valence-corrected chi connectivity index (χ1v) is 6.28. The Morgan fingerprint density at radius 1 is 1.24 bits per heavy atom. The molecule has 0 aromatic carbocycles. The molecule has 21 heavy (non-hydrogen) atoms. The molecule has 0 unspecified atom stereocenters. The van der Waals surface area contributed by atoms with Crippen LogP contribution < -0.4 is 0 Å². The molecular weight excluding hydrogens is 305 g/mol. The number of aryl methyl sites for hydroxylation is 1. The molecule has 0 saturated carbocycles. The summed E-state index contributed by atoms with van der Waals surface area (Å²) in [5.41, 5.74) is 0.301. The Morgan fingerprint density at radius 2 is 2.00 bits per heavy atom. The van der Waals surface area contributed by atoms with Crippen molar-refractivity contribution in [3.8, 4) is 11.1 Å². The number of fused-ring (bicyclic) bond motifs is 1. The van der Waals surface area contributed by atoms with Crippen LogP contribution >= 0.6 is 11.6 Å². The van der Waals surface area contributed by atoms with E-state index in [1.807, 2.05) is 0 Å². The number of nitrogens with zero attached hydrogens (tertiary/aromatic N) is 4. The van der Waals surface area contributed by atoms with Crippen molar-refractivity contribution in [2.75, 3.05) is 0 Å². The van der Waals surface area contributed by atoms with Crippen LogP contribution in [-0.2, 0) is 6.18 Å². The van der Waals surface area contributed by atoms with E-state index in [9.17, 15) is 13.2 Å². The predicted molar refractivity (Wildman–Crippen MR) is 71.0 cm³/mol. The van der Waals surface area contributed by atoms with Gasteiger partial charge < -0.3 is 0 Å². The van der Waals surface area contributed by atoms with Gasteiger partial charge in [-0.3, -0.25) is 4.98 Å². The van der Waals surface area contributed by atoms with Crippen LogP contribution in [0.4, 0.5) is 13.2 Å². The molecule has 3 heterocycles. The van der Waals surface area contributed by atoms with Crippen LogP contribution in [0.1, 0.15) is 11.3 Å². The van der Waals surface area contributed by atoms with Crippen LogP contribution in [0.2, 0.25) is 5.15 Å². The second-order valence-corrected chi connectivity index (χ2v) is 4.84. The molecule has 8 heteroatoms. The molecule has 0 fully saturated rings. The third-order valence-corrected chi connectivity index (χ3v) is 3.12. The average molecular weight is 313 g/mol. The zero-order valence-electron chi connectivity index (χ0n) is 10.7. The van der Waals surface area contributed by atoms with E-state index in [4.69, 9.17) is 11.6 Å². The molecule has 0 aliphatic rings. The van der Waals surface area contributed by atoms with E-state index in [2.05, 4.69) is 15.1 Å². The molecule has 3 aromatic rings. The Kier molecular flexibility index (Phi) is 3.09. The lowest BCUT2D eigenvalue weighted by atomic mass is 10.0. The van der Waals surface area contributed by atoms with Crippen LogP contribution in [0.25, 0.3) is 16.8 Å². The van der Waals surface area contributed by atoms with Gasteiger partial charge in [-0.1, -0.05) is 11.6 Å². The molecule has 4 nitrogen and oxygen atoms in total. The number of hydrogen-bond donors (Lipinski definition) is 0. The molecule has 0 saturated heterocycles. The summed E-state index contributed by atoms with van der Waals surface area (Å²) in [5, 5.41) is 4.07. The van der Waals surface area contributed by atoms with E-state index in [-0.39, 0.29) is 16.3 Å². The summed E-state index contributed by atoms with van der Waals surface area (Å²) < 4.78 is 40.8. The van der Waals surface area contributed by atoms with Gasteiger partial charge >= 0.3 is 6.18 Å². The minimum atomic E-state index is -4.49. The van der Waals surface area contributed by atoms with E-state index < -0.39 is 11.7 Å². The highest BCUT2D eigenvalue weighted by Gasteiger charge is 2.34. The molecule has 3 aromatic heterocycles. The SMILES string of the molecule is Cc1cn2nc(Cl)cc(-c3cnccc3C(F)(F)F)c2n1. The van der Waals surface area contributed by atoms with Gasteiger partial charge in [0.05, 0.1) is 17.5 Å². The lowest BCUT2D eigenvalue weighted by Gasteiger charge is -2.12. The molecule has 0 aliphatic heterocycles. The van der Waals surface area contributed by atoms with E-state index in [1.165, 1.54) is 10.6 Å². The number of pyridine rings is 1. The quantitative estimate of drug-likeness (QED) is 0.687. The summed E-state index contributed by atoms with van der Waals surface area (Å²) in [4.78, 5) is 7.98. The Labute approximate surface area is 122 Å². The Balaban J connectivity index is 2.36. The first-order valence-electron chi connectivity index (χ1n) is 5.90. The second-order valence-electron chi connectivity index (χ2n) is 4.45. The first-order chi connectivity index (χ1) is 9.86. The molecule has 0 N–H and O–H groups in total. The summed E-state index contributed by atoms with van der Waals surface area (Å²) in [5.74, 6) is 0. The minimum absolute atomic E-state index is 0.0758. The predicted octanol–water partition coefficient (Wildman–Crippen LogP) is 3.77. The van der Waals surface area contributed by atoms with Crippen molar-refractivity contribution in [3.05, 3.63) is 47.1 Å². The molecule has 0 spiro atoms. The summed E-state index contributed by atoms with van der Waals surface area (Å²) in [6.07, 6.45) is -0.650. The van der Waals surface area contributed by atoms with Crippen molar-refractivity contribution >= 4 is 17.2 Å². The smallest absolute Gasteiger partial charge is 0.264 e. The number of imidazole rings is 1. The topological polar surface area (TPSA) is 43.1 Å². The van der Waals surface area contributed by atoms with E-state index in [1.54, 1.807) is 13.1 Å². The van der Waals surface area contributed by atoms with Crippen molar-refractivity contribution in [1.82, 2.24) is 19.6 Å². The maximum absolute atomic E-state index is 13.1. The van der Waals surface area contributed by atoms with Gasteiger partial charge in [0.1, 0.15) is 0 Å². The average Bonchev–Trinajstić information content (AvgIpc) is 2.77. The van der Waals surface area contributed by atoms with Gasteiger partial charge in [-0.2, -0.15) is 18.3 Å². The fourth-order valence-corrected chi connectivity index (χ4v) is 2.31. The highest BCUT2D eigenvalue weighted by atomic mass is 35.5. The standard InChI is InChI=1S/C13H8ClF3N4/c1-7-6-21-12(19-7)8(4-11(14)20-21)9-5-18-3-2-10(9)13(15,16)17/h2-6H,1H3. The molecule has 3 rings (SSSR count). The van der Waals surface area contributed by atoms with Gasteiger partial charge in [-0.15, -0.1) is 0 Å². The van der Waals surface area contributed by atoms with Crippen molar-refractivity contribution in [1.29, 1.82) is 0 Å². The summed E-state index contributed by atoms with van der Waals surface area (Å²) >= 11 is 5.89. The highest BCUT2D eigenvalue weighted by molar-refractivity contribution is 6.29. The van der Waals surface area contributed by atoms with Crippen LogP contribution in [0.15, 0.2) is 30.7 Å². The summed E-state index contributed by atoms with van der Waals surface area (Å²) in [7, 11) is 0. The molecule has 0 aliphatic carbocycles. The Morgan fingerprint density at radius 3 is 2.71 bits per heavy atom. The van der Waals surface area contributed by atoms with Gasteiger partial charge in [0.25, 0.3) is 0 Å². The highest BCUT2D eigenvalue weighted by Crippen LogP contribution is 2.38. The molecular formula is C13H8ClF3N4. The Bertz CT molecular complexity index is 826. The summed E-state index contributed by atoms with van der Waals surface area (Å²) in [6.45, 7) is 1.72. The lowest BCUT2D eigenvalue weighted by molar-refractivity contribution is -0.137. The molecule has 0 atom stereocenters. The monoisotopic (exact) mass is 312 g/mol. The number of alkyl halides is 3. The van der Waals surface area contributed by atoms with E-state index in [0.717, 1.165) is 18.5 Å². The minimum Gasteiger partial charge on any atom is -0.264 e. The zero-order chi connectivity index (χ0) is 15.2. The Hall–Kier alpha value is -2.15. The van der Waals surface area contributed by atoms with Crippen LogP contribution in [-0.4, -0.2) is 19.6 Å². The number of hydrogen-bond acceptors (Lipinski definition) is 3. The third kappa shape index (κ3) is 2.44. The van der Waals surface area contributed by atoms with E-state index in [0.29, 0.717) is 11.3 Å². The van der Waals surface area contributed by atoms with E-state index >= 15 is 0 Å². The number of rotatable bonds is 1. The van der Waals surface area contributed by atoms with Crippen LogP contribution in [0.5, 0.6) is 0 Å². The zero-order valence-corrected chi connectivity index (χ0v) is 11.4. The largest absolute Gasteiger partial charge is 0.417 e. The first kappa shape index (κ1) is 13.8. The molecule has 0 bridgehead atoms. The van der Waals surface area contributed by atoms with Crippen LogP contribution in [0, 0.1) is 6.92 Å². The van der Waals surface area contributed by atoms with Crippen molar-refractivity contribution in [3.63, 3.8) is 0 Å². The molecule has 0 amide bonds. The van der Waals surface area contributed by atoms with Crippen molar-refractivity contribution < 1.29 is 13.2 Å². The lowest BCUT2D eigenvalue weighted by Crippen LogP contribution is -2.08. The maximum Gasteiger partial charge on any atom is 0.417 e. The molecule has 0 radical (unpaired) electrons. The van der Waals surface area contributed by atoms with Gasteiger partial charge in [0.2, 0.25) is 0 Å². The third-order valence-electron chi connectivity index (χ3n) is 2.93. The molecule has 108 valence electrons. The fraction of sp³-hybridized carbons (Fsp3) is 0.154. The van der Waals surface area contributed by atoms with Gasteiger partial charge in [0, 0.05) is 23.5 Å². The normalized spacial score (nSPS) is 12.0. The maximum atomic E-state index is 13.1. The fourth-order valence-electron chi connectivity index (χ4n) is 2.12. The van der Waals surface area contributed by atoms with Gasteiger partial charge in [0.15, 0.2) is 10.8 Å². The number of halogens is 4. The van der Waals surface area contributed by atoms with Crippen molar-refractivity contribution in [2.45, 2.75) is 13.1 Å².